The van der Waals surface area contributed by atoms with Gasteiger partial charge in [-0.1, -0.05) is 13.8 Å². The van der Waals surface area contributed by atoms with Crippen molar-refractivity contribution in [3.05, 3.63) is 41.2 Å². The first-order valence-electron chi connectivity index (χ1n) is 13.8. The number of aliphatic carboxylic acids is 1. The zero-order chi connectivity index (χ0) is 29.2. The second kappa shape index (κ2) is 9.81. The van der Waals surface area contributed by atoms with Gasteiger partial charge in [-0.2, -0.15) is 18.3 Å². The molecule has 5 rings (SSSR count). The molecule has 40 heavy (non-hydrogen) atoms. The van der Waals surface area contributed by atoms with E-state index in [4.69, 9.17) is 0 Å². The average Bonchev–Trinajstić information content (AvgIpc) is 3.31. The molecule has 3 aliphatic carbocycles. The molecule has 0 saturated heterocycles. The second-order valence-corrected chi connectivity index (χ2v) is 12.6. The summed E-state index contributed by atoms with van der Waals surface area (Å²) in [5.74, 6) is -1.05. The van der Waals surface area contributed by atoms with Crippen molar-refractivity contribution in [3.63, 3.8) is 0 Å². The molecular formula is C28H36F3N5O4. The minimum Gasteiger partial charge on any atom is -0.481 e. The van der Waals surface area contributed by atoms with Crippen molar-refractivity contribution in [1.29, 1.82) is 0 Å². The van der Waals surface area contributed by atoms with Crippen LogP contribution in [0.4, 0.5) is 13.2 Å². The first-order valence-corrected chi connectivity index (χ1v) is 13.8. The van der Waals surface area contributed by atoms with Crippen LogP contribution in [0.25, 0.3) is 0 Å². The van der Waals surface area contributed by atoms with E-state index in [0.717, 1.165) is 10.9 Å². The lowest BCUT2D eigenvalue weighted by atomic mass is 9.74. The highest BCUT2D eigenvalue weighted by atomic mass is 19.4. The Morgan fingerprint density at radius 3 is 2.27 bits per heavy atom. The number of amides is 1. The highest BCUT2D eigenvalue weighted by molar-refractivity contribution is 5.95. The number of carboxylic acids is 1. The zero-order valence-corrected chi connectivity index (χ0v) is 23.1. The first-order chi connectivity index (χ1) is 18.6. The van der Waals surface area contributed by atoms with Gasteiger partial charge in [0.2, 0.25) is 0 Å². The van der Waals surface area contributed by atoms with Crippen molar-refractivity contribution in [2.45, 2.75) is 90.6 Å². The first kappa shape index (κ1) is 28.5. The molecule has 9 nitrogen and oxygen atoms in total. The fourth-order valence-electron chi connectivity index (χ4n) is 7.08. The van der Waals surface area contributed by atoms with Crippen LogP contribution in [0.2, 0.25) is 0 Å². The zero-order valence-electron chi connectivity index (χ0n) is 23.1. The Morgan fingerprint density at radius 2 is 1.73 bits per heavy atom. The maximum absolute atomic E-state index is 14.5. The minimum atomic E-state index is -4.86. The average molecular weight is 564 g/mol. The molecule has 0 aliphatic heterocycles. The maximum atomic E-state index is 14.5. The molecular weight excluding hydrogens is 527 g/mol. The van der Waals surface area contributed by atoms with Gasteiger partial charge in [0.15, 0.2) is 5.69 Å². The van der Waals surface area contributed by atoms with Crippen LogP contribution in [0.1, 0.15) is 98.9 Å². The van der Waals surface area contributed by atoms with E-state index in [-0.39, 0.29) is 49.4 Å². The summed E-state index contributed by atoms with van der Waals surface area (Å²) in [6.45, 7) is 7.38. The van der Waals surface area contributed by atoms with E-state index in [1.807, 2.05) is 0 Å². The van der Waals surface area contributed by atoms with Crippen LogP contribution in [0.15, 0.2) is 18.6 Å². The number of hydrogen-bond acceptors (Lipinski definition) is 6. The smallest absolute Gasteiger partial charge is 0.433 e. The van der Waals surface area contributed by atoms with Gasteiger partial charge in [-0.15, -0.1) is 0 Å². The van der Waals surface area contributed by atoms with Gasteiger partial charge in [0.25, 0.3) is 5.91 Å². The third-order valence-electron chi connectivity index (χ3n) is 9.86. The summed E-state index contributed by atoms with van der Waals surface area (Å²) in [6, 6.07) is -0.996. The molecule has 2 heterocycles. The van der Waals surface area contributed by atoms with Crippen molar-refractivity contribution in [1.82, 2.24) is 24.6 Å². The Bertz CT molecular complexity index is 1290. The minimum absolute atomic E-state index is 0.138. The van der Waals surface area contributed by atoms with Crippen LogP contribution in [0.5, 0.6) is 0 Å². The van der Waals surface area contributed by atoms with Crippen LogP contribution >= 0.6 is 0 Å². The van der Waals surface area contributed by atoms with Crippen LogP contribution < -0.4 is 0 Å². The van der Waals surface area contributed by atoms with Gasteiger partial charge in [-0.3, -0.25) is 24.2 Å². The van der Waals surface area contributed by atoms with E-state index < -0.39 is 46.9 Å². The number of aryl methyl sites for hydroxylation is 1. The number of alkyl halides is 3. The number of rotatable bonds is 7. The van der Waals surface area contributed by atoms with Crippen molar-refractivity contribution >= 4 is 11.9 Å². The Balaban J connectivity index is 1.46. The number of carbonyl (C=O) groups is 2. The summed E-state index contributed by atoms with van der Waals surface area (Å²) in [5.41, 5.74) is -1.78. The number of fused-ring (bicyclic) bond motifs is 1. The van der Waals surface area contributed by atoms with Gasteiger partial charge in [0.05, 0.1) is 41.1 Å². The summed E-state index contributed by atoms with van der Waals surface area (Å²) < 4.78 is 44.5. The van der Waals surface area contributed by atoms with Gasteiger partial charge < -0.3 is 15.1 Å². The van der Waals surface area contributed by atoms with E-state index in [1.54, 1.807) is 13.8 Å². The normalized spacial score (nSPS) is 30.0. The molecule has 3 aliphatic rings. The molecule has 2 aromatic heterocycles. The fraction of sp³-hybridized carbons (Fsp3) is 0.679. The SMILES string of the molecule is Cc1nccnc1C(O)CN(C(=O)c1cnn(C2CCC(C)(C(=O)O)CC2)c1C(F)(F)F)C1C[C@@H]2[C@H](C1)C2(C)C. The van der Waals surface area contributed by atoms with E-state index in [9.17, 15) is 33.0 Å². The molecule has 1 amide bonds. The number of aromatic nitrogens is 4. The summed E-state index contributed by atoms with van der Waals surface area (Å²) in [4.78, 5) is 35.3. The van der Waals surface area contributed by atoms with Crippen LogP contribution in [-0.4, -0.2) is 59.3 Å². The van der Waals surface area contributed by atoms with Crippen molar-refractivity contribution < 1.29 is 33.0 Å². The van der Waals surface area contributed by atoms with Crippen LogP contribution in [0.3, 0.4) is 0 Å². The van der Waals surface area contributed by atoms with E-state index in [0.29, 0.717) is 30.4 Å². The van der Waals surface area contributed by atoms with Gasteiger partial charge in [-0.25, -0.2) is 0 Å². The van der Waals surface area contributed by atoms with Gasteiger partial charge in [0.1, 0.15) is 6.10 Å². The van der Waals surface area contributed by atoms with Gasteiger partial charge >= 0.3 is 12.1 Å². The maximum Gasteiger partial charge on any atom is 0.433 e. The number of aliphatic hydroxyl groups excluding tert-OH is 1. The van der Waals surface area contributed by atoms with Crippen molar-refractivity contribution in [2.24, 2.45) is 22.7 Å². The number of carboxylic acid groups (broad SMARTS) is 1. The Labute approximate surface area is 230 Å². The Hall–Kier alpha value is -3.02. The topological polar surface area (TPSA) is 121 Å². The Morgan fingerprint density at radius 1 is 1.12 bits per heavy atom. The highest BCUT2D eigenvalue weighted by Gasteiger charge is 2.63. The highest BCUT2D eigenvalue weighted by Crippen LogP contribution is 2.67. The summed E-state index contributed by atoms with van der Waals surface area (Å²) in [6.07, 6.45) is -0.0575. The third-order valence-corrected chi connectivity index (χ3v) is 9.86. The Kier molecular flexibility index (Phi) is 6.99. The second-order valence-electron chi connectivity index (χ2n) is 12.6. The molecule has 4 atom stereocenters. The molecule has 2 N–H and O–H groups in total. The van der Waals surface area contributed by atoms with Crippen molar-refractivity contribution in [3.8, 4) is 0 Å². The largest absolute Gasteiger partial charge is 0.481 e. The number of nitrogens with zero attached hydrogens (tertiary/aromatic N) is 5. The molecule has 0 aromatic carbocycles. The molecule has 3 fully saturated rings. The summed E-state index contributed by atoms with van der Waals surface area (Å²) >= 11 is 0. The lowest BCUT2D eigenvalue weighted by Crippen LogP contribution is -2.43. The van der Waals surface area contributed by atoms with Crippen molar-refractivity contribution in [2.75, 3.05) is 6.54 Å². The molecule has 2 aromatic rings. The molecule has 0 spiro atoms. The van der Waals surface area contributed by atoms with E-state index in [1.165, 1.54) is 17.3 Å². The molecule has 12 heteroatoms. The molecule has 0 radical (unpaired) electrons. The number of aliphatic hydroxyl groups is 1. The third kappa shape index (κ3) is 4.88. The monoisotopic (exact) mass is 563 g/mol. The van der Waals surface area contributed by atoms with Gasteiger partial charge in [0, 0.05) is 18.4 Å². The lowest BCUT2D eigenvalue weighted by Gasteiger charge is -2.35. The van der Waals surface area contributed by atoms with Gasteiger partial charge in [-0.05, 0) is 69.6 Å². The number of hydrogen-bond donors (Lipinski definition) is 2. The predicted octanol–water partition coefficient (Wildman–Crippen LogP) is 4.82. The number of carbonyl (C=O) groups excluding carboxylic acids is 1. The van der Waals surface area contributed by atoms with Crippen LogP contribution in [-0.2, 0) is 11.0 Å². The number of halogens is 3. The fourth-order valence-corrected chi connectivity index (χ4v) is 7.08. The molecule has 218 valence electrons. The summed E-state index contributed by atoms with van der Waals surface area (Å²) in [5, 5.41) is 24.6. The quantitative estimate of drug-likeness (QED) is 0.496. The molecule has 3 saturated carbocycles. The molecule has 2 unspecified atom stereocenters. The van der Waals surface area contributed by atoms with E-state index >= 15 is 0 Å². The molecule has 0 bridgehead atoms. The summed E-state index contributed by atoms with van der Waals surface area (Å²) in [7, 11) is 0. The van der Waals surface area contributed by atoms with E-state index in [2.05, 4.69) is 28.9 Å². The standard InChI is InChI=1S/C28H36F3N5O4/c1-15-22(33-10-9-32-15)21(37)14-35(17-11-19-20(12-17)26(19,2)3)24(38)18-13-34-36(23(18)28(29,30)31)16-5-7-27(4,8-6-16)25(39)40/h9-10,13,16-17,19-21,37H,5-8,11-12,14H2,1-4H3,(H,39,40)/t16?,17?,19-,20+,21?,27?. The predicted molar refractivity (Wildman–Crippen MR) is 137 cm³/mol. The van der Waals surface area contributed by atoms with Crippen LogP contribution in [0, 0.1) is 29.6 Å². The lowest BCUT2D eigenvalue weighted by molar-refractivity contribution is -0.152.